The van der Waals surface area contributed by atoms with Crippen LogP contribution in [0, 0.1) is 5.82 Å². The average Bonchev–Trinajstić information content (AvgIpc) is 3.29. The van der Waals surface area contributed by atoms with Crippen molar-refractivity contribution in [2.24, 2.45) is 12.0 Å². The van der Waals surface area contributed by atoms with Gasteiger partial charge in [-0.25, -0.2) is 9.38 Å². The van der Waals surface area contributed by atoms with Gasteiger partial charge in [-0.2, -0.15) is 5.10 Å². The zero-order valence-corrected chi connectivity index (χ0v) is 17.3. The van der Waals surface area contributed by atoms with Crippen LogP contribution in [0.5, 0.6) is 0 Å². The first-order valence-corrected chi connectivity index (χ1v) is 9.90. The van der Waals surface area contributed by atoms with E-state index in [1.807, 2.05) is 49.1 Å². The van der Waals surface area contributed by atoms with E-state index in [1.165, 1.54) is 5.56 Å². The Balaban J connectivity index is 1.69. The zero-order valence-electron chi connectivity index (χ0n) is 17.3. The molecule has 1 N–H and O–H groups in total. The van der Waals surface area contributed by atoms with Gasteiger partial charge in [0, 0.05) is 50.9 Å². The lowest BCUT2D eigenvalue weighted by Crippen LogP contribution is -2.40. The first-order valence-electron chi connectivity index (χ1n) is 9.90. The Morgan fingerprint density at radius 1 is 1.39 bits per heavy atom. The van der Waals surface area contributed by atoms with Gasteiger partial charge in [0.2, 0.25) is 0 Å². The van der Waals surface area contributed by atoms with Gasteiger partial charge in [-0.15, -0.1) is 0 Å². The van der Waals surface area contributed by atoms with Gasteiger partial charge in [0.1, 0.15) is 5.82 Å². The molecule has 1 saturated heterocycles. The number of rotatable bonds is 6. The van der Waals surface area contributed by atoms with Gasteiger partial charge in [0.15, 0.2) is 5.96 Å². The van der Waals surface area contributed by atoms with Gasteiger partial charge in [0.05, 0.1) is 12.7 Å². The van der Waals surface area contributed by atoms with E-state index in [-0.39, 0.29) is 5.82 Å². The topological polar surface area (TPSA) is 48.7 Å². The predicted octanol–water partition coefficient (Wildman–Crippen LogP) is 2.58. The number of aliphatic imine (C=N–C) groups is 1. The molecule has 28 heavy (non-hydrogen) atoms. The standard InChI is InChI=1S/C21H31FN6/c1-5-23-21(28-9-8-17(15-28)19-12-25-27(4)14-19)24-11-16-6-7-20(22)18(10-16)13-26(2)3/h6-7,10,12,14,17H,5,8-9,11,13,15H2,1-4H3,(H,23,24). The minimum absolute atomic E-state index is 0.160. The summed E-state index contributed by atoms with van der Waals surface area (Å²) in [5.74, 6) is 1.25. The summed E-state index contributed by atoms with van der Waals surface area (Å²) in [6.07, 6.45) is 5.16. The van der Waals surface area contributed by atoms with Crippen LogP contribution in [0.4, 0.5) is 4.39 Å². The molecule has 7 heteroatoms. The van der Waals surface area contributed by atoms with Gasteiger partial charge in [-0.1, -0.05) is 6.07 Å². The summed E-state index contributed by atoms with van der Waals surface area (Å²) in [5.41, 5.74) is 3.02. The van der Waals surface area contributed by atoms with Crippen molar-refractivity contribution in [2.45, 2.75) is 32.4 Å². The lowest BCUT2D eigenvalue weighted by Gasteiger charge is -2.21. The highest BCUT2D eigenvalue weighted by molar-refractivity contribution is 5.80. The van der Waals surface area contributed by atoms with Gasteiger partial charge < -0.3 is 15.1 Å². The molecule has 1 unspecified atom stereocenters. The van der Waals surface area contributed by atoms with Crippen molar-refractivity contribution in [3.05, 3.63) is 53.1 Å². The van der Waals surface area contributed by atoms with Gasteiger partial charge >= 0.3 is 0 Å². The number of likely N-dealkylation sites (tertiary alicyclic amines) is 1. The third-order valence-corrected chi connectivity index (χ3v) is 5.03. The Labute approximate surface area is 167 Å². The number of hydrogen-bond acceptors (Lipinski definition) is 3. The normalized spacial score (nSPS) is 17.6. The van der Waals surface area contributed by atoms with Crippen molar-refractivity contribution in [3.63, 3.8) is 0 Å². The molecular weight excluding hydrogens is 355 g/mol. The number of halogens is 1. The molecule has 0 saturated carbocycles. The Morgan fingerprint density at radius 3 is 2.89 bits per heavy atom. The van der Waals surface area contributed by atoms with Crippen LogP contribution in [0.2, 0.25) is 0 Å². The Hall–Kier alpha value is -2.41. The lowest BCUT2D eigenvalue weighted by molar-refractivity contribution is 0.392. The summed E-state index contributed by atoms with van der Waals surface area (Å²) in [7, 11) is 5.84. The third-order valence-electron chi connectivity index (χ3n) is 5.03. The van der Waals surface area contributed by atoms with E-state index >= 15 is 0 Å². The molecule has 2 heterocycles. The van der Waals surface area contributed by atoms with E-state index in [1.54, 1.807) is 6.07 Å². The summed E-state index contributed by atoms with van der Waals surface area (Å²) in [6, 6.07) is 5.29. The molecule has 1 aliphatic heterocycles. The number of nitrogens with zero attached hydrogens (tertiary/aromatic N) is 5. The maximum atomic E-state index is 14.0. The monoisotopic (exact) mass is 386 g/mol. The molecule has 0 amide bonds. The Bertz CT molecular complexity index is 813. The summed E-state index contributed by atoms with van der Waals surface area (Å²) in [4.78, 5) is 9.11. The molecule has 1 fully saturated rings. The van der Waals surface area contributed by atoms with E-state index in [0.29, 0.717) is 24.6 Å². The van der Waals surface area contributed by atoms with Crippen molar-refractivity contribution in [1.29, 1.82) is 0 Å². The van der Waals surface area contributed by atoms with E-state index in [4.69, 9.17) is 4.99 Å². The van der Waals surface area contributed by atoms with E-state index in [0.717, 1.165) is 37.6 Å². The molecular formula is C21H31FN6. The average molecular weight is 387 g/mol. The van der Waals surface area contributed by atoms with Crippen LogP contribution < -0.4 is 5.32 Å². The van der Waals surface area contributed by atoms with Crippen LogP contribution in [0.3, 0.4) is 0 Å². The lowest BCUT2D eigenvalue weighted by atomic mass is 10.0. The van der Waals surface area contributed by atoms with Crippen molar-refractivity contribution in [1.82, 2.24) is 24.9 Å². The molecule has 152 valence electrons. The molecule has 2 aromatic rings. The van der Waals surface area contributed by atoms with Gasteiger partial charge in [-0.05, 0) is 50.7 Å². The van der Waals surface area contributed by atoms with E-state index in [2.05, 4.69) is 28.4 Å². The maximum Gasteiger partial charge on any atom is 0.194 e. The minimum Gasteiger partial charge on any atom is -0.357 e. The molecule has 0 aliphatic carbocycles. The highest BCUT2D eigenvalue weighted by Gasteiger charge is 2.26. The summed E-state index contributed by atoms with van der Waals surface area (Å²) in [5, 5.41) is 7.70. The van der Waals surface area contributed by atoms with Crippen LogP contribution in [0.25, 0.3) is 0 Å². The highest BCUT2D eigenvalue weighted by atomic mass is 19.1. The number of nitrogens with one attached hydrogen (secondary N) is 1. The van der Waals surface area contributed by atoms with E-state index < -0.39 is 0 Å². The smallest absolute Gasteiger partial charge is 0.194 e. The fraction of sp³-hybridized carbons (Fsp3) is 0.524. The molecule has 1 aromatic carbocycles. The van der Waals surface area contributed by atoms with E-state index in [9.17, 15) is 4.39 Å². The summed E-state index contributed by atoms with van der Waals surface area (Å²) >= 11 is 0. The Kier molecular flexibility index (Phi) is 6.67. The molecule has 0 spiro atoms. The van der Waals surface area contributed by atoms with Crippen LogP contribution in [0.15, 0.2) is 35.6 Å². The van der Waals surface area contributed by atoms with Crippen molar-refractivity contribution >= 4 is 5.96 Å². The molecule has 1 aliphatic rings. The fourth-order valence-corrected chi connectivity index (χ4v) is 3.66. The SMILES string of the molecule is CCNC(=NCc1ccc(F)c(CN(C)C)c1)N1CCC(c2cnn(C)c2)C1. The quantitative estimate of drug-likeness (QED) is 0.612. The number of hydrogen-bond donors (Lipinski definition) is 1. The molecule has 6 nitrogen and oxygen atoms in total. The molecule has 0 radical (unpaired) electrons. The first-order chi connectivity index (χ1) is 13.5. The number of aromatic nitrogens is 2. The zero-order chi connectivity index (χ0) is 20.1. The molecule has 0 bridgehead atoms. The predicted molar refractivity (Wildman–Crippen MR) is 111 cm³/mol. The summed E-state index contributed by atoms with van der Waals surface area (Å²) in [6.45, 7) is 5.94. The molecule has 3 rings (SSSR count). The first kappa shape index (κ1) is 20.3. The Morgan fingerprint density at radius 2 is 2.21 bits per heavy atom. The number of benzene rings is 1. The number of aryl methyl sites for hydroxylation is 1. The van der Waals surface area contributed by atoms with Gasteiger partial charge in [0.25, 0.3) is 0 Å². The maximum absolute atomic E-state index is 14.0. The van der Waals surface area contributed by atoms with Crippen LogP contribution >= 0.6 is 0 Å². The van der Waals surface area contributed by atoms with Crippen molar-refractivity contribution in [2.75, 3.05) is 33.7 Å². The van der Waals surface area contributed by atoms with Gasteiger partial charge in [-0.3, -0.25) is 4.68 Å². The van der Waals surface area contributed by atoms with Crippen molar-refractivity contribution in [3.8, 4) is 0 Å². The van der Waals surface area contributed by atoms with Crippen LogP contribution in [-0.4, -0.2) is 59.3 Å². The molecule has 1 atom stereocenters. The third kappa shape index (κ3) is 5.10. The summed E-state index contributed by atoms with van der Waals surface area (Å²) < 4.78 is 15.9. The number of guanidine groups is 1. The fourth-order valence-electron chi connectivity index (χ4n) is 3.66. The highest BCUT2D eigenvalue weighted by Crippen LogP contribution is 2.26. The second-order valence-corrected chi connectivity index (χ2v) is 7.71. The minimum atomic E-state index is -0.160. The molecule has 1 aromatic heterocycles. The second-order valence-electron chi connectivity index (χ2n) is 7.71. The second kappa shape index (κ2) is 9.19. The van der Waals surface area contributed by atoms with Crippen LogP contribution in [-0.2, 0) is 20.1 Å². The van der Waals surface area contributed by atoms with Crippen LogP contribution in [0.1, 0.15) is 36.0 Å². The van der Waals surface area contributed by atoms with Crippen molar-refractivity contribution < 1.29 is 4.39 Å². The largest absolute Gasteiger partial charge is 0.357 e.